The largest absolute Gasteiger partial charge is 0.480 e. The highest BCUT2D eigenvalue weighted by Gasteiger charge is 2.60. The van der Waals surface area contributed by atoms with E-state index in [1.165, 1.54) is 10.5 Å². The number of allylic oxidation sites excluding steroid dienone is 1. The molecule has 4 aliphatic carbocycles. The van der Waals surface area contributed by atoms with Gasteiger partial charge < -0.3 is 14.7 Å². The number of aliphatic carboxylic acids is 1. The number of esters is 1. The fraction of sp³-hybridized carbons (Fsp3) is 0.786. The highest BCUT2D eigenvalue weighted by molar-refractivity contribution is 5.91. The summed E-state index contributed by atoms with van der Waals surface area (Å²) < 4.78 is 6.01. The normalized spacial score (nSPS) is 40.4. The number of fused-ring (bicyclic) bond motifs is 5. The quantitative estimate of drug-likeness (QED) is 0.583. The van der Waals surface area contributed by atoms with Gasteiger partial charge in [-0.05, 0) is 87.0 Å². The van der Waals surface area contributed by atoms with Gasteiger partial charge in [0.15, 0.2) is 5.78 Å². The summed E-state index contributed by atoms with van der Waals surface area (Å²) >= 11 is 0. The van der Waals surface area contributed by atoms with Crippen LogP contribution in [0.2, 0.25) is 0 Å². The minimum atomic E-state index is -0.974. The van der Waals surface area contributed by atoms with Gasteiger partial charge >= 0.3 is 11.9 Å². The second kappa shape index (κ2) is 9.04. The molecule has 1 amide bonds. The van der Waals surface area contributed by atoms with Gasteiger partial charge in [-0.15, -0.1) is 0 Å². The third kappa shape index (κ3) is 4.13. The van der Waals surface area contributed by atoms with Gasteiger partial charge in [-0.25, -0.2) is 4.79 Å². The first kappa shape index (κ1) is 24.5. The van der Waals surface area contributed by atoms with Gasteiger partial charge in [0.05, 0.1) is 6.42 Å². The Labute approximate surface area is 207 Å². The first-order valence-corrected chi connectivity index (χ1v) is 13.6. The molecule has 5 rings (SSSR count). The van der Waals surface area contributed by atoms with Crippen molar-refractivity contribution in [3.8, 4) is 0 Å². The zero-order valence-corrected chi connectivity index (χ0v) is 21.1. The van der Waals surface area contributed by atoms with Crippen molar-refractivity contribution in [3.05, 3.63) is 11.6 Å². The molecule has 0 bridgehead atoms. The Hall–Kier alpha value is -2.18. The number of rotatable bonds is 5. The van der Waals surface area contributed by atoms with Gasteiger partial charge in [-0.1, -0.05) is 19.4 Å². The number of carbonyl (C=O) groups is 4. The molecule has 0 aromatic heterocycles. The van der Waals surface area contributed by atoms with Crippen molar-refractivity contribution in [2.45, 2.75) is 103 Å². The van der Waals surface area contributed by atoms with Crippen LogP contribution in [0.4, 0.5) is 0 Å². The van der Waals surface area contributed by atoms with Gasteiger partial charge in [-0.3, -0.25) is 14.4 Å². The molecule has 5 aliphatic rings. The van der Waals surface area contributed by atoms with Gasteiger partial charge in [0, 0.05) is 24.8 Å². The lowest BCUT2D eigenvalue weighted by atomic mass is 9.47. The summed E-state index contributed by atoms with van der Waals surface area (Å²) in [5.41, 5.74) is 1.47. The molecule has 1 N–H and O–H groups in total. The minimum Gasteiger partial charge on any atom is -0.480 e. The lowest BCUT2D eigenvalue weighted by Crippen LogP contribution is -2.51. The van der Waals surface area contributed by atoms with Crippen molar-refractivity contribution < 1.29 is 29.0 Å². The van der Waals surface area contributed by atoms with E-state index in [0.717, 1.165) is 44.9 Å². The average molecular weight is 486 g/mol. The molecule has 192 valence electrons. The highest BCUT2D eigenvalue weighted by Crippen LogP contribution is 2.65. The predicted octanol–water partition coefficient (Wildman–Crippen LogP) is 4.29. The Balaban J connectivity index is 1.20. The van der Waals surface area contributed by atoms with Crippen LogP contribution in [0, 0.1) is 28.6 Å². The number of carboxylic acid groups (broad SMARTS) is 1. The number of carboxylic acids is 1. The fourth-order valence-electron chi connectivity index (χ4n) is 8.60. The molecule has 0 unspecified atom stereocenters. The molecule has 7 atom stereocenters. The summed E-state index contributed by atoms with van der Waals surface area (Å²) in [7, 11) is 0. The number of ether oxygens (including phenoxy) is 1. The van der Waals surface area contributed by atoms with Crippen molar-refractivity contribution in [1.29, 1.82) is 0 Å². The molecule has 4 fully saturated rings. The summed E-state index contributed by atoms with van der Waals surface area (Å²) in [6.45, 7) is 5.12. The third-order valence-electron chi connectivity index (χ3n) is 10.5. The lowest BCUT2D eigenvalue weighted by molar-refractivity contribution is -0.161. The SMILES string of the molecule is C[C@]12CC[C@@H]3[C@H](CCC4=CC(=O)CC[C@@]43C)[C@H]1CC[C@H]2OC(=O)CCC(=O)N1CCC[C@@H]1C(=O)O. The van der Waals surface area contributed by atoms with E-state index < -0.39 is 12.0 Å². The maximum Gasteiger partial charge on any atom is 0.326 e. The molecule has 1 heterocycles. The predicted molar refractivity (Wildman–Crippen MR) is 128 cm³/mol. The molecule has 0 spiro atoms. The lowest BCUT2D eigenvalue weighted by Gasteiger charge is -2.57. The minimum absolute atomic E-state index is 0.00519. The highest BCUT2D eigenvalue weighted by atomic mass is 16.5. The van der Waals surface area contributed by atoms with Crippen LogP contribution in [0.5, 0.6) is 0 Å². The molecular formula is C28H39NO6. The van der Waals surface area contributed by atoms with Crippen LogP contribution in [0.3, 0.4) is 0 Å². The number of amides is 1. The average Bonchev–Trinajstić information content (AvgIpc) is 3.43. The Morgan fingerprint density at radius 3 is 2.60 bits per heavy atom. The molecule has 0 aromatic carbocycles. The number of carbonyl (C=O) groups excluding carboxylic acids is 3. The molecule has 0 radical (unpaired) electrons. The summed E-state index contributed by atoms with van der Waals surface area (Å²) in [6, 6.07) is -0.766. The number of likely N-dealkylation sites (tertiary alicyclic amines) is 1. The smallest absolute Gasteiger partial charge is 0.326 e. The molecule has 1 aliphatic heterocycles. The van der Waals surface area contributed by atoms with Crippen LogP contribution < -0.4 is 0 Å². The maximum absolute atomic E-state index is 12.8. The number of hydrogen-bond acceptors (Lipinski definition) is 5. The van der Waals surface area contributed by atoms with Gasteiger partial charge in [0.2, 0.25) is 5.91 Å². The second-order valence-corrected chi connectivity index (χ2v) is 12.2. The first-order chi connectivity index (χ1) is 16.6. The Morgan fingerprint density at radius 1 is 1.03 bits per heavy atom. The monoisotopic (exact) mass is 485 g/mol. The van der Waals surface area contributed by atoms with E-state index in [1.54, 1.807) is 0 Å². The van der Waals surface area contributed by atoms with E-state index in [-0.39, 0.29) is 47.4 Å². The Kier molecular flexibility index (Phi) is 6.33. The molecule has 0 aromatic rings. The van der Waals surface area contributed by atoms with Crippen LogP contribution in [0.25, 0.3) is 0 Å². The topological polar surface area (TPSA) is 101 Å². The molecular weight excluding hydrogens is 446 g/mol. The standard InChI is InChI=1S/C28H39NO6/c1-27-13-11-18(30)16-17(27)5-6-19-20-7-8-23(28(20,2)14-12-21(19)27)35-25(32)10-9-24(31)29-15-3-4-22(29)26(33)34/h16,19-23H,3-15H2,1-2H3,(H,33,34)/t19-,20-,21-,22-,23-,27+,28+/m1/s1. The van der Waals surface area contributed by atoms with Crippen molar-refractivity contribution in [2.24, 2.45) is 28.6 Å². The number of hydrogen-bond donors (Lipinski definition) is 1. The fourth-order valence-corrected chi connectivity index (χ4v) is 8.60. The Morgan fingerprint density at radius 2 is 1.83 bits per heavy atom. The summed E-state index contributed by atoms with van der Waals surface area (Å²) in [4.78, 5) is 50.1. The third-order valence-corrected chi connectivity index (χ3v) is 10.5. The zero-order chi connectivity index (χ0) is 25.0. The van der Waals surface area contributed by atoms with E-state index in [4.69, 9.17) is 4.74 Å². The number of ketones is 1. The van der Waals surface area contributed by atoms with E-state index >= 15 is 0 Å². The first-order valence-electron chi connectivity index (χ1n) is 13.6. The van der Waals surface area contributed by atoms with Crippen LogP contribution in [-0.2, 0) is 23.9 Å². The molecule has 7 heteroatoms. The molecule has 35 heavy (non-hydrogen) atoms. The van der Waals surface area contributed by atoms with E-state index in [9.17, 15) is 24.3 Å². The van der Waals surface area contributed by atoms with Crippen molar-refractivity contribution in [1.82, 2.24) is 4.90 Å². The molecule has 1 saturated heterocycles. The van der Waals surface area contributed by atoms with Gasteiger partial charge in [-0.2, -0.15) is 0 Å². The van der Waals surface area contributed by atoms with E-state index in [0.29, 0.717) is 43.6 Å². The summed E-state index contributed by atoms with van der Waals surface area (Å²) in [5.74, 6) is 0.431. The van der Waals surface area contributed by atoms with Gasteiger partial charge in [0.1, 0.15) is 12.1 Å². The molecule has 3 saturated carbocycles. The van der Waals surface area contributed by atoms with E-state index in [2.05, 4.69) is 13.8 Å². The van der Waals surface area contributed by atoms with Crippen LogP contribution in [0.1, 0.15) is 90.9 Å². The number of nitrogens with zero attached hydrogens (tertiary/aromatic N) is 1. The summed E-state index contributed by atoms with van der Waals surface area (Å²) in [6.07, 6.45) is 10.8. The van der Waals surface area contributed by atoms with Gasteiger partial charge in [0.25, 0.3) is 0 Å². The second-order valence-electron chi connectivity index (χ2n) is 12.2. The Bertz CT molecular complexity index is 957. The maximum atomic E-state index is 12.8. The van der Waals surface area contributed by atoms with Crippen LogP contribution in [-0.4, -0.2) is 52.3 Å². The van der Waals surface area contributed by atoms with Crippen molar-refractivity contribution >= 4 is 23.6 Å². The van der Waals surface area contributed by atoms with Crippen molar-refractivity contribution in [3.63, 3.8) is 0 Å². The zero-order valence-electron chi connectivity index (χ0n) is 21.1. The van der Waals surface area contributed by atoms with Crippen LogP contribution in [0.15, 0.2) is 11.6 Å². The van der Waals surface area contributed by atoms with E-state index in [1.807, 2.05) is 6.08 Å². The van der Waals surface area contributed by atoms with Crippen molar-refractivity contribution in [2.75, 3.05) is 6.54 Å². The molecule has 7 nitrogen and oxygen atoms in total. The summed E-state index contributed by atoms with van der Waals surface area (Å²) in [5, 5.41) is 9.31. The van der Waals surface area contributed by atoms with Crippen LogP contribution >= 0.6 is 0 Å².